The Kier molecular flexibility index (Phi) is 3.47. The lowest BCUT2D eigenvalue weighted by Gasteiger charge is -2.31. The standard InChI is InChI=1S/C11H12BrClO/c12-9-5-11(6-9)14-7-8-2-1-3-10(13)4-8/h1-4,9,11H,5-7H2. The van der Waals surface area contributed by atoms with Gasteiger partial charge in [0.1, 0.15) is 0 Å². The summed E-state index contributed by atoms with van der Waals surface area (Å²) in [6, 6.07) is 7.82. The lowest BCUT2D eigenvalue weighted by atomic mass is 9.96. The number of rotatable bonds is 3. The lowest BCUT2D eigenvalue weighted by molar-refractivity contribution is -0.00391. The van der Waals surface area contributed by atoms with Gasteiger partial charge in [-0.25, -0.2) is 0 Å². The van der Waals surface area contributed by atoms with Crippen LogP contribution in [-0.4, -0.2) is 10.9 Å². The fourth-order valence-electron chi connectivity index (χ4n) is 1.48. The van der Waals surface area contributed by atoms with Gasteiger partial charge in [0.25, 0.3) is 0 Å². The SMILES string of the molecule is Clc1cccc(COC2CC(Br)C2)c1. The molecule has 1 aliphatic rings. The van der Waals surface area contributed by atoms with Gasteiger partial charge in [0.15, 0.2) is 0 Å². The van der Waals surface area contributed by atoms with E-state index in [1.165, 1.54) is 0 Å². The third kappa shape index (κ3) is 2.72. The zero-order chi connectivity index (χ0) is 9.97. The van der Waals surface area contributed by atoms with Crippen LogP contribution in [0.15, 0.2) is 24.3 Å². The summed E-state index contributed by atoms with van der Waals surface area (Å²) >= 11 is 9.41. The Hall–Kier alpha value is -0.0500. The van der Waals surface area contributed by atoms with Gasteiger partial charge in [-0.1, -0.05) is 39.7 Å². The molecule has 1 aromatic carbocycles. The third-order valence-electron chi connectivity index (χ3n) is 2.41. The molecular weight excluding hydrogens is 263 g/mol. The highest BCUT2D eigenvalue weighted by molar-refractivity contribution is 9.09. The minimum absolute atomic E-state index is 0.429. The fourth-order valence-corrected chi connectivity index (χ4v) is 2.53. The van der Waals surface area contributed by atoms with E-state index in [4.69, 9.17) is 16.3 Å². The molecule has 1 fully saturated rings. The first-order valence-corrected chi connectivity index (χ1v) is 6.03. The van der Waals surface area contributed by atoms with Gasteiger partial charge in [0.2, 0.25) is 0 Å². The van der Waals surface area contributed by atoms with Crippen LogP contribution in [-0.2, 0) is 11.3 Å². The summed E-state index contributed by atoms with van der Waals surface area (Å²) in [6.07, 6.45) is 2.68. The van der Waals surface area contributed by atoms with Gasteiger partial charge in [0, 0.05) is 9.85 Å². The summed E-state index contributed by atoms with van der Waals surface area (Å²) < 4.78 is 5.70. The van der Waals surface area contributed by atoms with Crippen molar-refractivity contribution >= 4 is 27.5 Å². The first-order chi connectivity index (χ1) is 6.74. The number of hydrogen-bond acceptors (Lipinski definition) is 1. The molecule has 1 nitrogen and oxygen atoms in total. The number of alkyl halides is 1. The van der Waals surface area contributed by atoms with E-state index in [9.17, 15) is 0 Å². The maximum atomic E-state index is 5.87. The second-order valence-electron chi connectivity index (χ2n) is 3.63. The van der Waals surface area contributed by atoms with Crippen LogP contribution in [0.4, 0.5) is 0 Å². The third-order valence-corrected chi connectivity index (χ3v) is 3.39. The molecule has 0 saturated heterocycles. The van der Waals surface area contributed by atoms with Crippen molar-refractivity contribution in [2.45, 2.75) is 30.4 Å². The van der Waals surface area contributed by atoms with Crippen molar-refractivity contribution < 1.29 is 4.74 Å². The first kappa shape index (κ1) is 10.5. The van der Waals surface area contributed by atoms with E-state index in [0.717, 1.165) is 23.4 Å². The van der Waals surface area contributed by atoms with Crippen LogP contribution >= 0.6 is 27.5 Å². The van der Waals surface area contributed by atoms with Crippen LogP contribution in [0.2, 0.25) is 5.02 Å². The van der Waals surface area contributed by atoms with E-state index < -0.39 is 0 Å². The van der Waals surface area contributed by atoms with Crippen molar-refractivity contribution in [3.63, 3.8) is 0 Å². The maximum Gasteiger partial charge on any atom is 0.0721 e. The molecule has 2 rings (SSSR count). The summed E-state index contributed by atoms with van der Waals surface area (Å²) in [6.45, 7) is 0.672. The highest BCUT2D eigenvalue weighted by Gasteiger charge is 2.27. The summed E-state index contributed by atoms with van der Waals surface area (Å²) in [5, 5.41) is 0.776. The number of hydrogen-bond donors (Lipinski definition) is 0. The van der Waals surface area contributed by atoms with Crippen molar-refractivity contribution in [2.24, 2.45) is 0 Å². The monoisotopic (exact) mass is 274 g/mol. The molecule has 0 radical (unpaired) electrons. The summed E-state index contributed by atoms with van der Waals surface area (Å²) in [7, 11) is 0. The summed E-state index contributed by atoms with van der Waals surface area (Å²) in [5.41, 5.74) is 1.15. The second kappa shape index (κ2) is 4.65. The fraction of sp³-hybridized carbons (Fsp3) is 0.455. The van der Waals surface area contributed by atoms with Crippen LogP contribution in [0, 0.1) is 0 Å². The second-order valence-corrected chi connectivity index (χ2v) is 5.36. The maximum absolute atomic E-state index is 5.87. The van der Waals surface area contributed by atoms with Gasteiger partial charge in [0.05, 0.1) is 12.7 Å². The largest absolute Gasteiger partial charge is 0.373 e. The van der Waals surface area contributed by atoms with Gasteiger partial charge in [-0.3, -0.25) is 0 Å². The van der Waals surface area contributed by atoms with E-state index in [2.05, 4.69) is 15.9 Å². The Morgan fingerprint density at radius 3 is 2.86 bits per heavy atom. The molecule has 0 atom stereocenters. The average Bonchev–Trinajstić information content (AvgIpc) is 2.11. The minimum Gasteiger partial charge on any atom is -0.373 e. The Labute approximate surface area is 97.5 Å². The number of halogens is 2. The zero-order valence-corrected chi connectivity index (χ0v) is 10.1. The molecule has 0 spiro atoms. The van der Waals surface area contributed by atoms with Crippen LogP contribution in [0.1, 0.15) is 18.4 Å². The van der Waals surface area contributed by atoms with Crippen LogP contribution < -0.4 is 0 Å². The predicted molar refractivity (Wildman–Crippen MR) is 62.0 cm³/mol. The Bertz CT molecular complexity index is 310. The van der Waals surface area contributed by atoms with Crippen molar-refractivity contribution in [3.8, 4) is 0 Å². The van der Waals surface area contributed by atoms with Crippen molar-refractivity contribution in [1.29, 1.82) is 0 Å². The number of benzene rings is 1. The Balaban J connectivity index is 1.80. The van der Waals surface area contributed by atoms with Gasteiger partial charge in [-0.05, 0) is 30.5 Å². The average molecular weight is 276 g/mol. The topological polar surface area (TPSA) is 9.23 Å². The molecule has 0 aliphatic heterocycles. The lowest BCUT2D eigenvalue weighted by Crippen LogP contribution is -2.31. The molecule has 0 unspecified atom stereocenters. The molecule has 1 aliphatic carbocycles. The molecule has 1 aromatic rings. The molecule has 14 heavy (non-hydrogen) atoms. The highest BCUT2D eigenvalue weighted by Crippen LogP contribution is 2.30. The first-order valence-electron chi connectivity index (χ1n) is 4.74. The van der Waals surface area contributed by atoms with Crippen molar-refractivity contribution in [1.82, 2.24) is 0 Å². The zero-order valence-electron chi connectivity index (χ0n) is 7.75. The van der Waals surface area contributed by atoms with Crippen LogP contribution in [0.25, 0.3) is 0 Å². The molecule has 76 valence electrons. The van der Waals surface area contributed by atoms with Gasteiger partial charge >= 0.3 is 0 Å². The van der Waals surface area contributed by atoms with Crippen LogP contribution in [0.3, 0.4) is 0 Å². The molecule has 0 bridgehead atoms. The molecule has 0 heterocycles. The van der Waals surface area contributed by atoms with E-state index in [-0.39, 0.29) is 0 Å². The van der Waals surface area contributed by atoms with Crippen LogP contribution in [0.5, 0.6) is 0 Å². The molecule has 0 amide bonds. The molecule has 0 N–H and O–H groups in total. The van der Waals surface area contributed by atoms with Crippen molar-refractivity contribution in [2.75, 3.05) is 0 Å². The van der Waals surface area contributed by atoms with E-state index in [1.54, 1.807) is 0 Å². The smallest absolute Gasteiger partial charge is 0.0721 e. The van der Waals surface area contributed by atoms with Gasteiger partial charge < -0.3 is 4.74 Å². The summed E-state index contributed by atoms with van der Waals surface area (Å²) in [4.78, 5) is 0.659. The van der Waals surface area contributed by atoms with E-state index >= 15 is 0 Å². The van der Waals surface area contributed by atoms with Gasteiger partial charge in [-0.15, -0.1) is 0 Å². The van der Waals surface area contributed by atoms with Gasteiger partial charge in [-0.2, -0.15) is 0 Å². The predicted octanol–water partition coefficient (Wildman–Crippen LogP) is 3.78. The van der Waals surface area contributed by atoms with E-state index in [0.29, 0.717) is 17.5 Å². The minimum atomic E-state index is 0.429. The quantitative estimate of drug-likeness (QED) is 0.763. The number of ether oxygens (including phenoxy) is 1. The molecular formula is C11H12BrClO. The normalized spacial score (nSPS) is 25.9. The van der Waals surface area contributed by atoms with E-state index in [1.807, 2.05) is 24.3 Å². The Morgan fingerprint density at radius 2 is 2.21 bits per heavy atom. The molecule has 3 heteroatoms. The molecule has 1 saturated carbocycles. The Morgan fingerprint density at radius 1 is 1.43 bits per heavy atom. The summed E-state index contributed by atoms with van der Waals surface area (Å²) in [5.74, 6) is 0. The highest BCUT2D eigenvalue weighted by atomic mass is 79.9. The van der Waals surface area contributed by atoms with Crippen molar-refractivity contribution in [3.05, 3.63) is 34.9 Å². The molecule has 0 aromatic heterocycles.